The van der Waals surface area contributed by atoms with Crippen molar-refractivity contribution in [2.24, 2.45) is 0 Å². The summed E-state index contributed by atoms with van der Waals surface area (Å²) in [6.45, 7) is 2.51. The van der Waals surface area contributed by atoms with Gasteiger partial charge < -0.3 is 10.2 Å². The van der Waals surface area contributed by atoms with Gasteiger partial charge in [-0.1, -0.05) is 0 Å². The normalized spacial score (nSPS) is 37.9. The first-order valence-electron chi connectivity index (χ1n) is 4.90. The minimum Gasteiger partial charge on any atom is -0.350 e. The van der Waals surface area contributed by atoms with Crippen molar-refractivity contribution in [3.05, 3.63) is 0 Å². The molecule has 2 aliphatic rings. The maximum atomic E-state index is 11.8. The Morgan fingerprint density at radius 3 is 2.93 bits per heavy atom. The highest BCUT2D eigenvalue weighted by atomic mass is 32.1. The molecule has 1 N–H and O–H groups in total. The largest absolute Gasteiger partial charge is 0.350 e. The van der Waals surface area contributed by atoms with Crippen LogP contribution in [-0.4, -0.2) is 40.6 Å². The van der Waals surface area contributed by atoms with Crippen LogP contribution in [0.15, 0.2) is 0 Å². The van der Waals surface area contributed by atoms with Gasteiger partial charge in [0.2, 0.25) is 11.8 Å². The summed E-state index contributed by atoms with van der Waals surface area (Å²) in [6, 6.07) is -0.425. The Kier molecular flexibility index (Phi) is 2.43. The fourth-order valence-electron chi connectivity index (χ4n) is 2.09. The number of nitrogens with zero attached hydrogens (tertiary/aromatic N) is 1. The molecule has 0 aliphatic carbocycles. The molecule has 3 atom stereocenters. The molecule has 2 amide bonds. The quantitative estimate of drug-likeness (QED) is 0.548. The van der Waals surface area contributed by atoms with E-state index in [9.17, 15) is 9.59 Å². The Morgan fingerprint density at radius 2 is 2.21 bits per heavy atom. The smallest absolute Gasteiger partial charge is 0.243 e. The van der Waals surface area contributed by atoms with Gasteiger partial charge >= 0.3 is 0 Å². The van der Waals surface area contributed by atoms with E-state index in [1.165, 1.54) is 0 Å². The summed E-state index contributed by atoms with van der Waals surface area (Å²) in [6.07, 6.45) is 1.70. The third-order valence-electron chi connectivity index (χ3n) is 2.94. The van der Waals surface area contributed by atoms with E-state index in [1.54, 1.807) is 4.90 Å². The standard InChI is InChI=1S/C9H14N2O2S/c1-5-7(14)9(13)11-4-2-3-6(11)8(12)10-5/h5-7,14H,2-4H2,1H3,(H,10,12)/t5-,6+,7+/m1/s1. The summed E-state index contributed by atoms with van der Waals surface area (Å²) in [7, 11) is 0. The van der Waals surface area contributed by atoms with Crippen molar-refractivity contribution in [1.29, 1.82) is 0 Å². The molecule has 2 rings (SSSR count). The number of nitrogens with one attached hydrogen (secondary N) is 1. The van der Waals surface area contributed by atoms with E-state index in [0.29, 0.717) is 6.54 Å². The van der Waals surface area contributed by atoms with Gasteiger partial charge in [-0.15, -0.1) is 0 Å². The van der Waals surface area contributed by atoms with Crippen LogP contribution in [0, 0.1) is 0 Å². The number of hydrogen-bond acceptors (Lipinski definition) is 3. The molecule has 78 valence electrons. The van der Waals surface area contributed by atoms with Crippen LogP contribution in [0.25, 0.3) is 0 Å². The average molecular weight is 214 g/mol. The molecule has 2 aliphatic heterocycles. The van der Waals surface area contributed by atoms with Crippen molar-refractivity contribution >= 4 is 24.4 Å². The van der Waals surface area contributed by atoms with Crippen LogP contribution in [0.5, 0.6) is 0 Å². The van der Waals surface area contributed by atoms with Gasteiger partial charge in [-0.2, -0.15) is 12.6 Å². The second-order valence-electron chi connectivity index (χ2n) is 3.93. The number of thiol groups is 1. The minimum absolute atomic E-state index is 0.0123. The number of carbonyl (C=O) groups is 2. The van der Waals surface area contributed by atoms with E-state index in [1.807, 2.05) is 6.92 Å². The van der Waals surface area contributed by atoms with Crippen molar-refractivity contribution in [3.8, 4) is 0 Å². The zero-order valence-corrected chi connectivity index (χ0v) is 8.96. The maximum Gasteiger partial charge on any atom is 0.243 e. The fourth-order valence-corrected chi connectivity index (χ4v) is 2.31. The molecule has 14 heavy (non-hydrogen) atoms. The molecule has 0 unspecified atom stereocenters. The Bertz CT molecular complexity index is 282. The Morgan fingerprint density at radius 1 is 1.50 bits per heavy atom. The molecule has 0 aromatic rings. The summed E-state index contributed by atoms with van der Waals surface area (Å²) < 4.78 is 0. The monoisotopic (exact) mass is 214 g/mol. The summed E-state index contributed by atoms with van der Waals surface area (Å²) in [4.78, 5) is 25.2. The first-order chi connectivity index (χ1) is 6.61. The average Bonchev–Trinajstić information content (AvgIpc) is 2.60. The second kappa shape index (κ2) is 3.46. The number of amides is 2. The minimum atomic E-state index is -0.401. The third-order valence-corrected chi connectivity index (χ3v) is 3.60. The van der Waals surface area contributed by atoms with E-state index >= 15 is 0 Å². The summed E-state index contributed by atoms with van der Waals surface area (Å²) in [5, 5.41) is 2.41. The summed E-state index contributed by atoms with van der Waals surface area (Å²) in [5.74, 6) is -0.0402. The SMILES string of the molecule is C[C@H]1NC(=O)[C@@H]2CCCN2C(=O)[C@H]1S. The van der Waals surface area contributed by atoms with Crippen LogP contribution in [0.2, 0.25) is 0 Å². The van der Waals surface area contributed by atoms with Gasteiger partial charge in [0.25, 0.3) is 0 Å². The van der Waals surface area contributed by atoms with Crippen molar-refractivity contribution in [2.75, 3.05) is 6.54 Å². The molecule has 0 radical (unpaired) electrons. The van der Waals surface area contributed by atoms with Gasteiger partial charge in [0.1, 0.15) is 11.3 Å². The number of rotatable bonds is 0. The molecule has 0 spiro atoms. The van der Waals surface area contributed by atoms with Crippen LogP contribution in [0.4, 0.5) is 0 Å². The van der Waals surface area contributed by atoms with Gasteiger partial charge in [0.05, 0.1) is 0 Å². The van der Waals surface area contributed by atoms with E-state index in [2.05, 4.69) is 17.9 Å². The van der Waals surface area contributed by atoms with E-state index in [-0.39, 0.29) is 23.9 Å². The van der Waals surface area contributed by atoms with Crippen molar-refractivity contribution < 1.29 is 9.59 Å². The highest BCUT2D eigenvalue weighted by Crippen LogP contribution is 2.23. The van der Waals surface area contributed by atoms with Gasteiger partial charge in [-0.25, -0.2) is 0 Å². The van der Waals surface area contributed by atoms with Crippen molar-refractivity contribution in [2.45, 2.75) is 37.1 Å². The van der Waals surface area contributed by atoms with Crippen LogP contribution in [-0.2, 0) is 9.59 Å². The van der Waals surface area contributed by atoms with Gasteiger partial charge in [-0.3, -0.25) is 9.59 Å². The first-order valence-corrected chi connectivity index (χ1v) is 5.42. The topological polar surface area (TPSA) is 49.4 Å². The Balaban J connectivity index is 2.27. The molecule has 0 saturated carbocycles. The molecule has 4 nitrogen and oxygen atoms in total. The Hall–Kier alpha value is -0.710. The molecular weight excluding hydrogens is 200 g/mol. The lowest BCUT2D eigenvalue weighted by Gasteiger charge is -2.21. The maximum absolute atomic E-state index is 11.8. The predicted octanol–water partition coefficient (Wildman–Crippen LogP) is -0.206. The van der Waals surface area contributed by atoms with Gasteiger partial charge in [0, 0.05) is 12.6 Å². The molecule has 0 aromatic carbocycles. The molecule has 2 heterocycles. The van der Waals surface area contributed by atoms with Crippen LogP contribution < -0.4 is 5.32 Å². The summed E-state index contributed by atoms with van der Waals surface area (Å²) in [5.41, 5.74) is 0. The zero-order chi connectivity index (χ0) is 10.3. The third kappa shape index (κ3) is 1.39. The lowest BCUT2D eigenvalue weighted by atomic mass is 10.2. The second-order valence-corrected chi connectivity index (χ2v) is 4.49. The molecule has 0 aromatic heterocycles. The van der Waals surface area contributed by atoms with Crippen molar-refractivity contribution in [3.63, 3.8) is 0 Å². The number of hydrogen-bond donors (Lipinski definition) is 2. The van der Waals surface area contributed by atoms with Gasteiger partial charge in [0.15, 0.2) is 0 Å². The van der Waals surface area contributed by atoms with Gasteiger partial charge in [-0.05, 0) is 19.8 Å². The zero-order valence-electron chi connectivity index (χ0n) is 8.06. The van der Waals surface area contributed by atoms with Crippen LogP contribution >= 0.6 is 12.6 Å². The lowest BCUT2D eigenvalue weighted by Crippen LogP contribution is -2.42. The highest BCUT2D eigenvalue weighted by Gasteiger charge is 2.41. The Labute approximate surface area is 88.4 Å². The van der Waals surface area contributed by atoms with Crippen LogP contribution in [0.3, 0.4) is 0 Å². The van der Waals surface area contributed by atoms with Crippen molar-refractivity contribution in [1.82, 2.24) is 10.2 Å². The number of carbonyl (C=O) groups excluding carboxylic acids is 2. The predicted molar refractivity (Wildman–Crippen MR) is 55.1 cm³/mol. The van der Waals surface area contributed by atoms with E-state index < -0.39 is 5.25 Å². The van der Waals surface area contributed by atoms with Crippen LogP contribution in [0.1, 0.15) is 19.8 Å². The van der Waals surface area contributed by atoms with E-state index in [0.717, 1.165) is 12.8 Å². The molecule has 5 heteroatoms. The fraction of sp³-hybridized carbons (Fsp3) is 0.778. The lowest BCUT2D eigenvalue weighted by molar-refractivity contribution is -0.135. The molecular formula is C9H14N2O2S. The summed E-state index contributed by atoms with van der Waals surface area (Å²) >= 11 is 4.24. The number of fused-ring (bicyclic) bond motifs is 1. The first kappa shape index (κ1) is 9.83. The molecule has 0 bridgehead atoms. The molecule has 2 fully saturated rings. The van der Waals surface area contributed by atoms with E-state index in [4.69, 9.17) is 0 Å². The highest BCUT2D eigenvalue weighted by molar-refractivity contribution is 7.81. The molecule has 2 saturated heterocycles.